The average molecular weight is 543 g/mol. The van der Waals surface area contributed by atoms with Gasteiger partial charge in [0, 0.05) is 25.4 Å². The molecule has 4 rings (SSSR count). The lowest BCUT2D eigenvalue weighted by Crippen LogP contribution is -2.48. The molecule has 3 unspecified atom stereocenters. The van der Waals surface area contributed by atoms with Gasteiger partial charge in [-0.3, -0.25) is 9.59 Å². The number of aryl methyl sites for hydroxylation is 1. The molecule has 8 heteroatoms. The third-order valence-corrected chi connectivity index (χ3v) is 9.00. The van der Waals surface area contributed by atoms with Gasteiger partial charge in [0.05, 0.1) is 22.2 Å². The number of benzene rings is 1. The third-order valence-electron chi connectivity index (χ3n) is 8.02. The molecule has 2 aliphatic heterocycles. The van der Waals surface area contributed by atoms with E-state index in [2.05, 4.69) is 40.4 Å². The van der Waals surface area contributed by atoms with Gasteiger partial charge in [0.1, 0.15) is 6.04 Å². The number of aromatic nitrogens is 1. The Balaban J connectivity index is 0.00000195. The fraction of sp³-hybridized carbons (Fsp3) is 0.633. The zero-order chi connectivity index (χ0) is 28.0. The summed E-state index contributed by atoms with van der Waals surface area (Å²) in [5.74, 6) is 0.186. The number of aliphatic hydroxyl groups excluding tert-OH is 1. The van der Waals surface area contributed by atoms with Gasteiger partial charge in [-0.1, -0.05) is 46.8 Å². The predicted octanol–water partition coefficient (Wildman–Crippen LogP) is 4.82. The van der Waals surface area contributed by atoms with Crippen LogP contribution in [0.3, 0.4) is 0 Å². The Kier molecular flexibility index (Phi) is 10.9. The van der Waals surface area contributed by atoms with E-state index in [4.69, 9.17) is 0 Å². The number of rotatable bonds is 7. The quantitative estimate of drug-likeness (QED) is 0.524. The molecule has 2 fully saturated rings. The number of piperidine rings is 1. The number of likely N-dealkylation sites (tertiary alicyclic amines) is 2. The van der Waals surface area contributed by atoms with E-state index in [0.29, 0.717) is 12.5 Å². The molecule has 0 radical (unpaired) electrons. The van der Waals surface area contributed by atoms with Crippen LogP contribution in [-0.2, 0) is 16.1 Å². The van der Waals surface area contributed by atoms with Crippen LogP contribution in [0.15, 0.2) is 23.7 Å². The van der Waals surface area contributed by atoms with Crippen molar-refractivity contribution in [3.05, 3.63) is 40.5 Å². The Bertz CT molecular complexity index is 1080. The fourth-order valence-corrected chi connectivity index (χ4v) is 6.13. The number of nitrogens with zero attached hydrogens (tertiary/aromatic N) is 3. The van der Waals surface area contributed by atoms with Crippen molar-refractivity contribution < 1.29 is 14.7 Å². The highest BCUT2D eigenvalue weighted by Gasteiger charge is 2.40. The van der Waals surface area contributed by atoms with E-state index in [-0.39, 0.29) is 36.6 Å². The molecule has 3 heterocycles. The molecule has 2 saturated heterocycles. The van der Waals surface area contributed by atoms with Gasteiger partial charge in [-0.25, -0.2) is 4.98 Å². The van der Waals surface area contributed by atoms with Gasteiger partial charge in [0.25, 0.3) is 0 Å². The van der Waals surface area contributed by atoms with Crippen LogP contribution in [0, 0.1) is 18.8 Å². The minimum absolute atomic E-state index is 0.0574. The van der Waals surface area contributed by atoms with E-state index in [0.717, 1.165) is 37.2 Å². The van der Waals surface area contributed by atoms with Crippen LogP contribution in [0.2, 0.25) is 0 Å². The minimum atomic E-state index is -0.666. The number of aliphatic hydroxyl groups is 1. The summed E-state index contributed by atoms with van der Waals surface area (Å²) < 4.78 is 0. The number of carbonyl (C=O) groups excluding carboxylic acids is 2. The average Bonchev–Trinajstić information content (AvgIpc) is 3.53. The molecule has 0 aliphatic carbocycles. The van der Waals surface area contributed by atoms with Gasteiger partial charge in [0.15, 0.2) is 0 Å². The Morgan fingerprint density at radius 1 is 1.18 bits per heavy atom. The Hall–Kier alpha value is -2.29. The van der Waals surface area contributed by atoms with Crippen molar-refractivity contribution in [3.63, 3.8) is 0 Å². The van der Waals surface area contributed by atoms with Gasteiger partial charge in [-0.2, -0.15) is 0 Å². The first-order valence-corrected chi connectivity index (χ1v) is 15.0. The van der Waals surface area contributed by atoms with Crippen LogP contribution in [-0.4, -0.2) is 70.5 Å². The van der Waals surface area contributed by atoms with Crippen molar-refractivity contribution in [1.82, 2.24) is 20.1 Å². The first-order chi connectivity index (χ1) is 18.2. The molecule has 0 bridgehead atoms. The van der Waals surface area contributed by atoms with Gasteiger partial charge >= 0.3 is 0 Å². The van der Waals surface area contributed by atoms with Crippen LogP contribution in [0.25, 0.3) is 10.4 Å². The van der Waals surface area contributed by atoms with Crippen molar-refractivity contribution in [2.75, 3.05) is 26.7 Å². The van der Waals surface area contributed by atoms with E-state index in [1.54, 1.807) is 16.2 Å². The van der Waals surface area contributed by atoms with Crippen LogP contribution >= 0.6 is 11.3 Å². The number of amides is 2. The Labute approximate surface area is 232 Å². The fourth-order valence-electron chi connectivity index (χ4n) is 5.33. The number of carbonyl (C=O) groups is 2. The first-order valence-electron chi connectivity index (χ1n) is 14.1. The zero-order valence-corrected chi connectivity index (χ0v) is 25.0. The van der Waals surface area contributed by atoms with E-state index in [9.17, 15) is 14.7 Å². The van der Waals surface area contributed by atoms with Crippen molar-refractivity contribution in [3.8, 4) is 10.4 Å². The molecule has 1 aromatic heterocycles. The molecule has 1 aromatic carbocycles. The van der Waals surface area contributed by atoms with Crippen LogP contribution < -0.4 is 5.32 Å². The summed E-state index contributed by atoms with van der Waals surface area (Å²) in [6, 6.07) is 5.92. The van der Waals surface area contributed by atoms with Crippen molar-refractivity contribution in [2.24, 2.45) is 11.8 Å². The SMILES string of the molecule is CC.Cc1ncsc1-c1ccc(CNC(=O)C2CC(O)CN2C(=O)C(C)C(C)C)c(C2CCN(C)CC2)c1. The highest BCUT2D eigenvalue weighted by atomic mass is 32.1. The monoisotopic (exact) mass is 542 g/mol. The maximum absolute atomic E-state index is 13.3. The molecule has 0 saturated carbocycles. The van der Waals surface area contributed by atoms with Gasteiger partial charge in [-0.05, 0) is 74.5 Å². The largest absolute Gasteiger partial charge is 0.391 e. The topological polar surface area (TPSA) is 85.8 Å². The molecule has 2 aromatic rings. The molecule has 0 spiro atoms. The second-order valence-electron chi connectivity index (χ2n) is 10.9. The summed E-state index contributed by atoms with van der Waals surface area (Å²) in [6.07, 6.45) is 1.80. The highest BCUT2D eigenvalue weighted by Crippen LogP contribution is 2.35. The molecule has 2 N–H and O–H groups in total. The molecule has 2 amide bonds. The summed E-state index contributed by atoms with van der Waals surface area (Å²) in [4.78, 5) is 35.8. The number of hydrogen-bond donors (Lipinski definition) is 2. The Morgan fingerprint density at radius 3 is 2.47 bits per heavy atom. The van der Waals surface area contributed by atoms with Crippen molar-refractivity contribution in [2.45, 2.75) is 85.4 Å². The van der Waals surface area contributed by atoms with E-state index in [1.807, 2.05) is 47.1 Å². The summed E-state index contributed by atoms with van der Waals surface area (Å²) in [5.41, 5.74) is 6.52. The number of nitrogens with one attached hydrogen (secondary N) is 1. The van der Waals surface area contributed by atoms with E-state index >= 15 is 0 Å². The summed E-state index contributed by atoms with van der Waals surface area (Å²) in [6.45, 7) is 14.7. The van der Waals surface area contributed by atoms with E-state index < -0.39 is 12.1 Å². The van der Waals surface area contributed by atoms with E-state index in [1.165, 1.54) is 16.0 Å². The van der Waals surface area contributed by atoms with Gasteiger partial charge in [0.2, 0.25) is 11.8 Å². The lowest BCUT2D eigenvalue weighted by Gasteiger charge is -2.31. The lowest BCUT2D eigenvalue weighted by atomic mass is 9.85. The molecule has 7 nitrogen and oxygen atoms in total. The molecule has 210 valence electrons. The number of thiazole rings is 1. The minimum Gasteiger partial charge on any atom is -0.391 e. The van der Waals surface area contributed by atoms with Gasteiger partial charge in [-0.15, -0.1) is 11.3 Å². The second-order valence-corrected chi connectivity index (χ2v) is 11.8. The highest BCUT2D eigenvalue weighted by molar-refractivity contribution is 7.13. The molecular formula is C30H46N4O3S. The number of hydrogen-bond acceptors (Lipinski definition) is 6. The number of β-amino-alcohol motifs (C(OH)–C–C–N with tert-alkyl or cyclic N) is 1. The molecular weight excluding hydrogens is 496 g/mol. The Morgan fingerprint density at radius 2 is 1.87 bits per heavy atom. The maximum Gasteiger partial charge on any atom is 0.243 e. The van der Waals surface area contributed by atoms with Crippen molar-refractivity contribution in [1.29, 1.82) is 0 Å². The summed E-state index contributed by atoms with van der Waals surface area (Å²) in [5, 5.41) is 13.4. The first kappa shape index (κ1) is 30.3. The normalized spacial score (nSPS) is 21.2. The molecule has 2 aliphatic rings. The zero-order valence-electron chi connectivity index (χ0n) is 24.2. The third kappa shape index (κ3) is 7.01. The second kappa shape index (κ2) is 13.7. The molecule has 3 atom stereocenters. The summed E-state index contributed by atoms with van der Waals surface area (Å²) >= 11 is 1.66. The lowest BCUT2D eigenvalue weighted by molar-refractivity contribution is -0.142. The molecule has 38 heavy (non-hydrogen) atoms. The smallest absolute Gasteiger partial charge is 0.243 e. The standard InChI is InChI=1S/C28H40N4O3S.C2H6/c1-17(2)18(3)28(35)32-15-23(33)13-25(32)27(34)29-14-22-7-6-21(26-19(4)30-16-36-26)12-24(22)20-8-10-31(5)11-9-20;1-2/h6-7,12,16-18,20,23,25,33H,8-11,13-15H2,1-5H3,(H,29,34);1-2H3. The van der Waals surface area contributed by atoms with Gasteiger partial charge < -0.3 is 20.2 Å². The van der Waals surface area contributed by atoms with Crippen LogP contribution in [0.5, 0.6) is 0 Å². The van der Waals surface area contributed by atoms with Crippen molar-refractivity contribution >= 4 is 23.2 Å². The maximum atomic E-state index is 13.3. The predicted molar refractivity (Wildman–Crippen MR) is 155 cm³/mol. The van der Waals surface area contributed by atoms with Crippen LogP contribution in [0.4, 0.5) is 0 Å². The van der Waals surface area contributed by atoms with Crippen LogP contribution in [0.1, 0.15) is 76.6 Å². The summed E-state index contributed by atoms with van der Waals surface area (Å²) in [7, 11) is 2.16.